The Morgan fingerprint density at radius 1 is 1.37 bits per heavy atom. The molecule has 0 aliphatic carbocycles. The molecule has 0 radical (unpaired) electrons. The number of hydrogen-bond donors (Lipinski definition) is 1. The van der Waals surface area contributed by atoms with Crippen LogP contribution in [0.5, 0.6) is 5.75 Å². The highest BCUT2D eigenvalue weighted by Crippen LogP contribution is 2.04. The van der Waals surface area contributed by atoms with E-state index in [0.29, 0.717) is 25.4 Å². The van der Waals surface area contributed by atoms with Gasteiger partial charge in [-0.1, -0.05) is 0 Å². The summed E-state index contributed by atoms with van der Waals surface area (Å²) in [6, 6.07) is 1.41. The molecule has 0 unspecified atom stereocenters. The van der Waals surface area contributed by atoms with Gasteiger partial charge >= 0.3 is 0 Å². The molecule has 2 N–H and O–H groups in total. The van der Waals surface area contributed by atoms with Crippen LogP contribution in [0.2, 0.25) is 0 Å². The standard InChI is InChI=1S/C12H17N5O2/c1-2-16-8-10(6-14-16)9-17-12(18)5-11(7-15-17)19-4-3-13/h5-8H,2-4,9,13H2,1H3. The molecule has 0 aliphatic rings. The molecule has 7 heteroatoms. The second-order valence-electron chi connectivity index (χ2n) is 4.03. The van der Waals surface area contributed by atoms with Crippen molar-refractivity contribution in [3.8, 4) is 5.75 Å². The molecule has 2 aromatic heterocycles. The minimum absolute atomic E-state index is 0.209. The lowest BCUT2D eigenvalue weighted by atomic mass is 10.3. The normalized spacial score (nSPS) is 10.6. The summed E-state index contributed by atoms with van der Waals surface area (Å²) in [6.07, 6.45) is 5.14. The lowest BCUT2D eigenvalue weighted by Gasteiger charge is -2.05. The van der Waals surface area contributed by atoms with Crippen LogP contribution in [-0.4, -0.2) is 32.7 Å². The smallest absolute Gasteiger partial charge is 0.270 e. The van der Waals surface area contributed by atoms with E-state index in [-0.39, 0.29) is 5.56 Å². The molecular weight excluding hydrogens is 246 g/mol. The Hall–Kier alpha value is -2.15. The highest BCUT2D eigenvalue weighted by Gasteiger charge is 2.04. The van der Waals surface area contributed by atoms with Crippen molar-refractivity contribution < 1.29 is 4.74 Å². The van der Waals surface area contributed by atoms with E-state index in [4.69, 9.17) is 10.5 Å². The van der Waals surface area contributed by atoms with Crippen LogP contribution in [0.3, 0.4) is 0 Å². The summed E-state index contributed by atoms with van der Waals surface area (Å²) in [7, 11) is 0. The molecule has 0 saturated carbocycles. The van der Waals surface area contributed by atoms with Crippen molar-refractivity contribution in [2.24, 2.45) is 5.73 Å². The van der Waals surface area contributed by atoms with Gasteiger partial charge < -0.3 is 10.5 Å². The number of ether oxygens (including phenoxy) is 1. The lowest BCUT2D eigenvalue weighted by Crippen LogP contribution is -2.23. The zero-order valence-corrected chi connectivity index (χ0v) is 10.8. The van der Waals surface area contributed by atoms with E-state index >= 15 is 0 Å². The molecule has 0 amide bonds. The fourth-order valence-corrected chi connectivity index (χ4v) is 1.63. The zero-order valence-electron chi connectivity index (χ0n) is 10.8. The first-order valence-electron chi connectivity index (χ1n) is 6.14. The monoisotopic (exact) mass is 263 g/mol. The van der Waals surface area contributed by atoms with E-state index in [0.717, 1.165) is 12.1 Å². The van der Waals surface area contributed by atoms with Crippen molar-refractivity contribution in [2.45, 2.75) is 20.0 Å². The topological polar surface area (TPSA) is 88.0 Å². The second-order valence-corrected chi connectivity index (χ2v) is 4.03. The predicted molar refractivity (Wildman–Crippen MR) is 70.0 cm³/mol. The quantitative estimate of drug-likeness (QED) is 0.782. The molecule has 0 atom stereocenters. The Balaban J connectivity index is 2.10. The van der Waals surface area contributed by atoms with Crippen LogP contribution >= 0.6 is 0 Å². The fraction of sp³-hybridized carbons (Fsp3) is 0.417. The summed E-state index contributed by atoms with van der Waals surface area (Å²) in [5.74, 6) is 0.441. The minimum atomic E-state index is -0.209. The number of aryl methyl sites for hydroxylation is 1. The van der Waals surface area contributed by atoms with E-state index in [1.165, 1.54) is 16.9 Å². The van der Waals surface area contributed by atoms with Gasteiger partial charge in [0.05, 0.1) is 18.9 Å². The highest BCUT2D eigenvalue weighted by molar-refractivity contribution is 5.14. The predicted octanol–water partition coefficient (Wildman–Crippen LogP) is -0.154. The van der Waals surface area contributed by atoms with Crippen LogP contribution in [0, 0.1) is 0 Å². The number of hydrogen-bond acceptors (Lipinski definition) is 5. The molecule has 102 valence electrons. The van der Waals surface area contributed by atoms with Gasteiger partial charge in [0.25, 0.3) is 5.56 Å². The first-order chi connectivity index (χ1) is 9.22. The third-order valence-corrected chi connectivity index (χ3v) is 2.57. The molecule has 0 spiro atoms. The Morgan fingerprint density at radius 2 is 2.21 bits per heavy atom. The molecule has 19 heavy (non-hydrogen) atoms. The van der Waals surface area contributed by atoms with Gasteiger partial charge in [0.2, 0.25) is 0 Å². The van der Waals surface area contributed by atoms with Gasteiger partial charge in [-0.3, -0.25) is 9.48 Å². The number of rotatable bonds is 6. The van der Waals surface area contributed by atoms with Crippen molar-refractivity contribution in [3.63, 3.8) is 0 Å². The molecule has 0 fully saturated rings. The van der Waals surface area contributed by atoms with Gasteiger partial charge in [0.1, 0.15) is 12.4 Å². The van der Waals surface area contributed by atoms with Crippen LogP contribution < -0.4 is 16.0 Å². The minimum Gasteiger partial charge on any atom is -0.490 e. The number of nitrogens with two attached hydrogens (primary N) is 1. The van der Waals surface area contributed by atoms with E-state index in [1.807, 2.05) is 13.1 Å². The molecule has 0 aliphatic heterocycles. The summed E-state index contributed by atoms with van der Waals surface area (Å²) in [5.41, 5.74) is 6.05. The van der Waals surface area contributed by atoms with Crippen LogP contribution in [0.25, 0.3) is 0 Å². The fourth-order valence-electron chi connectivity index (χ4n) is 1.63. The molecule has 2 rings (SSSR count). The van der Waals surface area contributed by atoms with Gasteiger partial charge in [-0.25, -0.2) is 4.68 Å². The van der Waals surface area contributed by atoms with Gasteiger partial charge in [0.15, 0.2) is 0 Å². The van der Waals surface area contributed by atoms with Crippen molar-refractivity contribution in [3.05, 3.63) is 40.6 Å². The van der Waals surface area contributed by atoms with Crippen molar-refractivity contribution in [2.75, 3.05) is 13.2 Å². The first kappa shape index (κ1) is 13.3. The van der Waals surface area contributed by atoms with E-state index in [9.17, 15) is 4.79 Å². The Labute approximate surface area is 110 Å². The van der Waals surface area contributed by atoms with Crippen LogP contribution in [-0.2, 0) is 13.1 Å². The van der Waals surface area contributed by atoms with Crippen LogP contribution in [0.4, 0.5) is 0 Å². The maximum Gasteiger partial charge on any atom is 0.270 e. The Morgan fingerprint density at radius 3 is 2.84 bits per heavy atom. The zero-order chi connectivity index (χ0) is 13.7. The molecular formula is C12H17N5O2. The van der Waals surface area contributed by atoms with E-state index in [1.54, 1.807) is 10.9 Å². The number of aromatic nitrogens is 4. The molecule has 2 heterocycles. The van der Waals surface area contributed by atoms with Gasteiger partial charge in [0, 0.05) is 30.9 Å². The summed E-state index contributed by atoms with van der Waals surface area (Å²) in [6.45, 7) is 3.97. The Bertz CT molecular complexity index is 590. The largest absolute Gasteiger partial charge is 0.490 e. The maximum atomic E-state index is 11.8. The third kappa shape index (κ3) is 3.41. The van der Waals surface area contributed by atoms with Crippen molar-refractivity contribution in [1.29, 1.82) is 0 Å². The van der Waals surface area contributed by atoms with Gasteiger partial charge in [-0.15, -0.1) is 0 Å². The van der Waals surface area contributed by atoms with E-state index < -0.39 is 0 Å². The molecule has 2 aromatic rings. The lowest BCUT2D eigenvalue weighted by molar-refractivity contribution is 0.324. The summed E-state index contributed by atoms with van der Waals surface area (Å²) in [4.78, 5) is 11.8. The molecule has 0 aromatic carbocycles. The maximum absolute atomic E-state index is 11.8. The average molecular weight is 263 g/mol. The SMILES string of the molecule is CCn1cc(Cn2ncc(OCCN)cc2=O)cn1. The number of nitrogens with zero attached hydrogens (tertiary/aromatic N) is 4. The molecule has 0 bridgehead atoms. The van der Waals surface area contributed by atoms with Gasteiger partial charge in [-0.2, -0.15) is 10.2 Å². The van der Waals surface area contributed by atoms with Crippen molar-refractivity contribution in [1.82, 2.24) is 19.6 Å². The first-order valence-corrected chi connectivity index (χ1v) is 6.14. The summed E-state index contributed by atoms with van der Waals surface area (Å²) >= 11 is 0. The summed E-state index contributed by atoms with van der Waals surface area (Å²) < 4.78 is 8.42. The average Bonchev–Trinajstić information content (AvgIpc) is 2.87. The van der Waals surface area contributed by atoms with E-state index in [2.05, 4.69) is 10.2 Å². The molecule has 0 saturated heterocycles. The summed E-state index contributed by atoms with van der Waals surface area (Å²) in [5, 5.41) is 8.22. The second kappa shape index (κ2) is 6.14. The van der Waals surface area contributed by atoms with Crippen LogP contribution in [0.15, 0.2) is 29.5 Å². The third-order valence-electron chi connectivity index (χ3n) is 2.57. The molecule has 7 nitrogen and oxygen atoms in total. The van der Waals surface area contributed by atoms with Crippen molar-refractivity contribution >= 4 is 0 Å². The van der Waals surface area contributed by atoms with Crippen LogP contribution in [0.1, 0.15) is 12.5 Å². The van der Waals surface area contributed by atoms with Gasteiger partial charge in [-0.05, 0) is 6.92 Å². The Kier molecular flexibility index (Phi) is 4.30. The highest BCUT2D eigenvalue weighted by atomic mass is 16.5.